The summed E-state index contributed by atoms with van der Waals surface area (Å²) in [6, 6.07) is 12.5. The van der Waals surface area contributed by atoms with Gasteiger partial charge in [-0.3, -0.25) is 9.69 Å². The third kappa shape index (κ3) is 4.33. The molecular weight excluding hydrogens is 436 g/mol. The molecular formula is C23H19ClN2O4S. The smallest absolute Gasteiger partial charge is 0.374 e. The number of aryl methyl sites for hydroxylation is 1. The van der Waals surface area contributed by atoms with Crippen LogP contribution in [0.2, 0.25) is 5.02 Å². The second-order valence-electron chi connectivity index (χ2n) is 7.06. The van der Waals surface area contributed by atoms with E-state index in [1.165, 1.54) is 18.3 Å². The fraction of sp³-hybridized carbons (Fsp3) is 0.174. The van der Waals surface area contributed by atoms with Crippen LogP contribution in [-0.2, 0) is 16.1 Å². The number of hydrogen-bond acceptors (Lipinski definition) is 6. The van der Waals surface area contributed by atoms with Crippen molar-refractivity contribution >= 4 is 56.6 Å². The molecule has 2 aromatic carbocycles. The molecule has 0 fully saturated rings. The summed E-state index contributed by atoms with van der Waals surface area (Å²) in [5, 5.41) is 3.57. The molecule has 2 aromatic heterocycles. The van der Waals surface area contributed by atoms with Crippen molar-refractivity contribution in [3.8, 4) is 0 Å². The van der Waals surface area contributed by atoms with E-state index in [1.54, 1.807) is 34.5 Å². The Morgan fingerprint density at radius 1 is 1.19 bits per heavy atom. The van der Waals surface area contributed by atoms with Gasteiger partial charge in [-0.25, -0.2) is 9.78 Å². The largest absolute Gasteiger partial charge is 0.453 e. The van der Waals surface area contributed by atoms with Crippen molar-refractivity contribution in [3.05, 3.63) is 75.4 Å². The molecule has 158 valence electrons. The predicted molar refractivity (Wildman–Crippen MR) is 121 cm³/mol. The third-order valence-corrected chi connectivity index (χ3v) is 6.00. The maximum Gasteiger partial charge on any atom is 0.374 e. The maximum absolute atomic E-state index is 12.4. The summed E-state index contributed by atoms with van der Waals surface area (Å²) in [5.41, 5.74) is 3.97. The highest BCUT2D eigenvalue weighted by Gasteiger charge is 2.21. The molecule has 2 heterocycles. The summed E-state index contributed by atoms with van der Waals surface area (Å²) < 4.78 is 10.9. The van der Waals surface area contributed by atoms with Crippen LogP contribution in [0.1, 0.15) is 34.3 Å². The van der Waals surface area contributed by atoms with Crippen molar-refractivity contribution in [1.82, 2.24) is 4.98 Å². The number of halogens is 1. The van der Waals surface area contributed by atoms with Gasteiger partial charge in [0.2, 0.25) is 11.7 Å². The van der Waals surface area contributed by atoms with E-state index in [1.807, 2.05) is 32.0 Å². The lowest BCUT2D eigenvalue weighted by atomic mass is 10.1. The number of carbonyl (C=O) groups is 2. The van der Waals surface area contributed by atoms with Crippen molar-refractivity contribution in [1.29, 1.82) is 0 Å². The highest BCUT2D eigenvalue weighted by atomic mass is 35.5. The van der Waals surface area contributed by atoms with Gasteiger partial charge in [-0.2, -0.15) is 0 Å². The van der Waals surface area contributed by atoms with Crippen LogP contribution >= 0.6 is 22.9 Å². The molecule has 0 saturated carbocycles. The van der Waals surface area contributed by atoms with Crippen LogP contribution in [0.4, 0.5) is 10.8 Å². The lowest BCUT2D eigenvalue weighted by molar-refractivity contribution is -0.115. The Morgan fingerprint density at radius 2 is 2.00 bits per heavy atom. The number of thiazole rings is 1. The summed E-state index contributed by atoms with van der Waals surface area (Å²) in [6.45, 7) is 5.43. The second kappa shape index (κ2) is 8.53. The van der Waals surface area contributed by atoms with Gasteiger partial charge in [0.1, 0.15) is 12.2 Å². The Morgan fingerprint density at radius 3 is 2.77 bits per heavy atom. The first-order valence-corrected chi connectivity index (χ1v) is 10.8. The van der Waals surface area contributed by atoms with E-state index < -0.39 is 5.97 Å². The molecule has 0 aliphatic heterocycles. The van der Waals surface area contributed by atoms with Crippen molar-refractivity contribution < 1.29 is 18.7 Å². The SMILES string of the molecule is CC(=O)N(c1nc(COC(=O)c2cc3cc(Cl)ccc3o2)cs1)c1cccc(C)c1C. The topological polar surface area (TPSA) is 72.6 Å². The Hall–Kier alpha value is -3.16. The zero-order valence-electron chi connectivity index (χ0n) is 17.1. The molecule has 0 aliphatic carbocycles. The van der Waals surface area contributed by atoms with Gasteiger partial charge in [-0.1, -0.05) is 23.7 Å². The number of furan rings is 1. The molecule has 6 nitrogen and oxygen atoms in total. The molecule has 0 unspecified atom stereocenters. The lowest BCUT2D eigenvalue weighted by Gasteiger charge is -2.21. The van der Waals surface area contributed by atoms with Gasteiger partial charge in [-0.05, 0) is 55.3 Å². The van der Waals surface area contributed by atoms with E-state index in [2.05, 4.69) is 4.98 Å². The highest BCUT2D eigenvalue weighted by molar-refractivity contribution is 7.14. The Labute approximate surface area is 188 Å². The minimum absolute atomic E-state index is 0.0360. The number of rotatable bonds is 5. The summed E-state index contributed by atoms with van der Waals surface area (Å²) in [4.78, 5) is 30.8. The number of anilines is 2. The first-order chi connectivity index (χ1) is 14.8. The molecule has 31 heavy (non-hydrogen) atoms. The molecule has 0 N–H and O–H groups in total. The molecule has 0 spiro atoms. The Bertz CT molecular complexity index is 1290. The van der Waals surface area contributed by atoms with Crippen LogP contribution in [0.5, 0.6) is 0 Å². The van der Waals surface area contributed by atoms with Crippen LogP contribution in [0.3, 0.4) is 0 Å². The van der Waals surface area contributed by atoms with E-state index in [-0.39, 0.29) is 18.3 Å². The number of hydrogen-bond donors (Lipinski definition) is 0. The molecule has 0 bridgehead atoms. The summed E-state index contributed by atoms with van der Waals surface area (Å²) in [5.74, 6) is -0.652. The van der Waals surface area contributed by atoms with Gasteiger partial charge in [-0.15, -0.1) is 11.3 Å². The van der Waals surface area contributed by atoms with E-state index in [0.717, 1.165) is 22.2 Å². The minimum Gasteiger partial charge on any atom is -0.453 e. The average Bonchev–Trinajstić information content (AvgIpc) is 3.36. The van der Waals surface area contributed by atoms with Crippen molar-refractivity contribution in [3.63, 3.8) is 0 Å². The number of benzene rings is 2. The number of aromatic nitrogens is 1. The molecule has 0 aliphatic rings. The quantitative estimate of drug-likeness (QED) is 0.335. The van der Waals surface area contributed by atoms with Crippen molar-refractivity contribution in [2.24, 2.45) is 0 Å². The van der Waals surface area contributed by atoms with Gasteiger partial charge >= 0.3 is 5.97 Å². The first kappa shape index (κ1) is 21.1. The van der Waals surface area contributed by atoms with Gasteiger partial charge in [0.05, 0.1) is 11.4 Å². The summed E-state index contributed by atoms with van der Waals surface area (Å²) in [6.07, 6.45) is 0. The highest BCUT2D eigenvalue weighted by Crippen LogP contribution is 2.32. The van der Waals surface area contributed by atoms with Gasteiger partial charge in [0, 0.05) is 22.7 Å². The number of fused-ring (bicyclic) bond motifs is 1. The Kier molecular flexibility index (Phi) is 5.80. The Balaban J connectivity index is 1.50. The lowest BCUT2D eigenvalue weighted by Crippen LogP contribution is -2.23. The molecule has 4 aromatic rings. The van der Waals surface area contributed by atoms with Crippen LogP contribution in [0.25, 0.3) is 11.0 Å². The van der Waals surface area contributed by atoms with Crippen LogP contribution in [-0.4, -0.2) is 16.9 Å². The fourth-order valence-electron chi connectivity index (χ4n) is 3.18. The van der Waals surface area contributed by atoms with E-state index >= 15 is 0 Å². The van der Waals surface area contributed by atoms with Crippen LogP contribution in [0, 0.1) is 13.8 Å². The standard InChI is InChI=1S/C23H19ClN2O4S/c1-13-5-4-6-19(14(13)2)26(15(3)27)23-25-18(12-31-23)11-29-22(28)21-10-16-9-17(24)7-8-20(16)30-21/h4-10,12H,11H2,1-3H3. The van der Waals surface area contributed by atoms with E-state index in [0.29, 0.717) is 21.4 Å². The number of ether oxygens (including phenoxy) is 1. The number of esters is 1. The van der Waals surface area contributed by atoms with E-state index in [4.69, 9.17) is 20.8 Å². The normalized spacial score (nSPS) is 11.0. The van der Waals surface area contributed by atoms with Gasteiger partial charge in [0.15, 0.2) is 5.13 Å². The van der Waals surface area contributed by atoms with Crippen molar-refractivity contribution in [2.45, 2.75) is 27.4 Å². The third-order valence-electron chi connectivity index (χ3n) is 4.89. The molecule has 1 amide bonds. The number of nitrogens with zero attached hydrogens (tertiary/aromatic N) is 2. The predicted octanol–water partition coefficient (Wildman–Crippen LogP) is 6.20. The number of amides is 1. The zero-order chi connectivity index (χ0) is 22.1. The zero-order valence-corrected chi connectivity index (χ0v) is 18.7. The summed E-state index contributed by atoms with van der Waals surface area (Å²) >= 11 is 7.28. The fourth-order valence-corrected chi connectivity index (χ4v) is 4.22. The molecule has 0 radical (unpaired) electrons. The molecule has 4 rings (SSSR count). The van der Waals surface area contributed by atoms with E-state index in [9.17, 15) is 9.59 Å². The number of carbonyl (C=O) groups excluding carboxylic acids is 2. The van der Waals surface area contributed by atoms with Crippen LogP contribution in [0.15, 0.2) is 52.3 Å². The summed E-state index contributed by atoms with van der Waals surface area (Å²) in [7, 11) is 0. The van der Waals surface area contributed by atoms with Crippen molar-refractivity contribution in [2.75, 3.05) is 4.90 Å². The molecule has 8 heteroatoms. The molecule has 0 atom stereocenters. The van der Waals surface area contributed by atoms with Crippen LogP contribution < -0.4 is 4.90 Å². The average molecular weight is 455 g/mol. The monoisotopic (exact) mass is 454 g/mol. The molecule has 0 saturated heterocycles. The maximum atomic E-state index is 12.4. The van der Waals surface area contributed by atoms with Gasteiger partial charge in [0.25, 0.3) is 0 Å². The minimum atomic E-state index is -0.597. The van der Waals surface area contributed by atoms with Gasteiger partial charge < -0.3 is 9.15 Å². The first-order valence-electron chi connectivity index (χ1n) is 9.51. The second-order valence-corrected chi connectivity index (χ2v) is 8.34.